The molecule has 2 aromatic rings. The summed E-state index contributed by atoms with van der Waals surface area (Å²) in [6, 6.07) is 7.33. The van der Waals surface area contributed by atoms with Crippen LogP contribution >= 0.6 is 0 Å². The molecular formula is C20H29N5O. The normalized spacial score (nSPS) is 26.3. The van der Waals surface area contributed by atoms with Gasteiger partial charge in [-0.25, -0.2) is 9.67 Å². The number of aryl methyl sites for hydroxylation is 2. The third-order valence-electron chi connectivity index (χ3n) is 5.64. The van der Waals surface area contributed by atoms with Crippen molar-refractivity contribution in [3.63, 3.8) is 0 Å². The predicted molar refractivity (Wildman–Crippen MR) is 101 cm³/mol. The first-order chi connectivity index (χ1) is 12.7. The molecule has 0 bridgehead atoms. The number of nitrogens with zero attached hydrogens (tertiary/aromatic N) is 3. The van der Waals surface area contributed by atoms with Crippen LogP contribution in [0.1, 0.15) is 36.2 Å². The van der Waals surface area contributed by atoms with Crippen molar-refractivity contribution < 1.29 is 4.74 Å². The first kappa shape index (κ1) is 17.6. The van der Waals surface area contributed by atoms with Gasteiger partial charge >= 0.3 is 0 Å². The number of hydrogen-bond acceptors (Lipinski definition) is 5. The minimum atomic E-state index is 0.496. The maximum absolute atomic E-state index is 5.66. The minimum absolute atomic E-state index is 0.496. The summed E-state index contributed by atoms with van der Waals surface area (Å²) in [4.78, 5) is 4.61. The van der Waals surface area contributed by atoms with Crippen LogP contribution in [0, 0.1) is 19.8 Å². The van der Waals surface area contributed by atoms with Gasteiger partial charge in [-0.1, -0.05) is 12.5 Å². The Morgan fingerprint density at radius 2 is 2.23 bits per heavy atom. The third kappa shape index (κ3) is 3.82. The molecule has 26 heavy (non-hydrogen) atoms. The van der Waals surface area contributed by atoms with Crippen molar-refractivity contribution in [1.29, 1.82) is 0 Å². The second-order valence-corrected chi connectivity index (χ2v) is 7.58. The number of nitrogens with one attached hydrogen (secondary N) is 2. The summed E-state index contributed by atoms with van der Waals surface area (Å²) in [5, 5.41) is 11.9. The highest BCUT2D eigenvalue weighted by Crippen LogP contribution is 2.29. The molecule has 0 radical (unpaired) electrons. The highest BCUT2D eigenvalue weighted by Gasteiger charge is 2.34. The summed E-state index contributed by atoms with van der Waals surface area (Å²) in [6.45, 7) is 7.59. The molecule has 140 valence electrons. The highest BCUT2D eigenvalue weighted by atomic mass is 16.5. The lowest BCUT2D eigenvalue weighted by molar-refractivity contribution is 0.0524. The molecule has 3 heterocycles. The number of rotatable bonds is 5. The van der Waals surface area contributed by atoms with Crippen molar-refractivity contribution in [2.45, 2.75) is 51.7 Å². The van der Waals surface area contributed by atoms with E-state index in [0.29, 0.717) is 18.0 Å². The van der Waals surface area contributed by atoms with Crippen LogP contribution in [0.5, 0.6) is 0 Å². The monoisotopic (exact) mass is 355 g/mol. The van der Waals surface area contributed by atoms with Gasteiger partial charge < -0.3 is 15.4 Å². The van der Waals surface area contributed by atoms with Gasteiger partial charge in [0.05, 0.1) is 18.9 Å². The Hall–Kier alpha value is -1.76. The first-order valence-electron chi connectivity index (χ1n) is 9.74. The van der Waals surface area contributed by atoms with Crippen molar-refractivity contribution in [1.82, 2.24) is 25.4 Å². The topological polar surface area (TPSA) is 64.0 Å². The quantitative estimate of drug-likeness (QED) is 0.860. The molecule has 3 atom stereocenters. The Labute approximate surface area is 155 Å². The zero-order valence-corrected chi connectivity index (χ0v) is 15.7. The Bertz CT molecular complexity index is 720. The van der Waals surface area contributed by atoms with E-state index >= 15 is 0 Å². The summed E-state index contributed by atoms with van der Waals surface area (Å²) in [7, 11) is 0. The Morgan fingerprint density at radius 1 is 1.31 bits per heavy atom. The van der Waals surface area contributed by atoms with E-state index in [1.807, 2.05) is 17.8 Å². The molecule has 1 aliphatic carbocycles. The SMILES string of the molecule is Cc1cc(C)n(-c2ccc(CNC3CCCC3C3COCCN3)cn2)n1. The Balaban J connectivity index is 1.36. The molecule has 3 unspecified atom stereocenters. The maximum atomic E-state index is 5.66. The summed E-state index contributed by atoms with van der Waals surface area (Å²) in [5.41, 5.74) is 3.34. The molecule has 1 saturated heterocycles. The van der Waals surface area contributed by atoms with Crippen molar-refractivity contribution in [3.05, 3.63) is 41.3 Å². The van der Waals surface area contributed by atoms with Crippen LogP contribution in [-0.4, -0.2) is 46.6 Å². The summed E-state index contributed by atoms with van der Waals surface area (Å²) < 4.78 is 7.56. The lowest BCUT2D eigenvalue weighted by Crippen LogP contribution is -2.50. The summed E-state index contributed by atoms with van der Waals surface area (Å²) in [5.74, 6) is 1.54. The van der Waals surface area contributed by atoms with Gasteiger partial charge in [-0.05, 0) is 50.3 Å². The van der Waals surface area contributed by atoms with Gasteiger partial charge in [-0.3, -0.25) is 0 Å². The second-order valence-electron chi connectivity index (χ2n) is 7.58. The average molecular weight is 355 g/mol. The maximum Gasteiger partial charge on any atom is 0.153 e. The van der Waals surface area contributed by atoms with E-state index in [0.717, 1.165) is 43.5 Å². The molecule has 0 aromatic carbocycles. The van der Waals surface area contributed by atoms with E-state index in [2.05, 4.69) is 45.8 Å². The minimum Gasteiger partial charge on any atom is -0.379 e. The number of pyridine rings is 1. The molecule has 2 aromatic heterocycles. The molecule has 4 rings (SSSR count). The lowest BCUT2D eigenvalue weighted by atomic mass is 9.94. The largest absolute Gasteiger partial charge is 0.379 e. The molecule has 0 spiro atoms. The molecule has 2 N–H and O–H groups in total. The number of ether oxygens (including phenoxy) is 1. The fraction of sp³-hybridized carbons (Fsp3) is 0.600. The van der Waals surface area contributed by atoms with E-state index in [-0.39, 0.29) is 0 Å². The first-order valence-corrected chi connectivity index (χ1v) is 9.74. The van der Waals surface area contributed by atoms with Gasteiger partial charge in [0.15, 0.2) is 5.82 Å². The summed E-state index contributed by atoms with van der Waals surface area (Å²) in [6.07, 6.45) is 5.80. The number of morpholine rings is 1. The van der Waals surface area contributed by atoms with Crippen molar-refractivity contribution in [3.8, 4) is 5.82 Å². The molecule has 1 aliphatic heterocycles. The van der Waals surface area contributed by atoms with Crippen LogP contribution in [0.4, 0.5) is 0 Å². The molecule has 6 heteroatoms. The highest BCUT2D eigenvalue weighted by molar-refractivity contribution is 5.27. The zero-order chi connectivity index (χ0) is 17.9. The van der Waals surface area contributed by atoms with Gasteiger partial charge in [-0.15, -0.1) is 0 Å². The molecule has 0 amide bonds. The Kier molecular flexibility index (Phi) is 5.33. The van der Waals surface area contributed by atoms with Crippen molar-refractivity contribution in [2.75, 3.05) is 19.8 Å². The van der Waals surface area contributed by atoms with Gasteiger partial charge in [0.2, 0.25) is 0 Å². The fourth-order valence-electron chi connectivity index (χ4n) is 4.34. The van der Waals surface area contributed by atoms with Crippen molar-refractivity contribution >= 4 is 0 Å². The smallest absolute Gasteiger partial charge is 0.153 e. The molecule has 2 fully saturated rings. The van der Waals surface area contributed by atoms with Gasteiger partial charge in [0, 0.05) is 37.1 Å². The number of hydrogen-bond donors (Lipinski definition) is 2. The van der Waals surface area contributed by atoms with E-state index in [1.165, 1.54) is 24.8 Å². The molecule has 1 saturated carbocycles. The fourth-order valence-corrected chi connectivity index (χ4v) is 4.34. The van der Waals surface area contributed by atoms with Gasteiger partial charge in [0.25, 0.3) is 0 Å². The lowest BCUT2D eigenvalue weighted by Gasteiger charge is -2.33. The Morgan fingerprint density at radius 3 is 2.92 bits per heavy atom. The van der Waals surface area contributed by atoms with Crippen LogP contribution in [0.3, 0.4) is 0 Å². The standard InChI is InChI=1S/C20H29N5O/c1-14-10-15(2)25(24-14)20-7-6-16(12-23-20)11-22-18-5-3-4-17(18)19-13-26-9-8-21-19/h6-7,10,12,17-19,21-22H,3-5,8-9,11,13H2,1-2H3. The second kappa shape index (κ2) is 7.86. The van der Waals surface area contributed by atoms with E-state index < -0.39 is 0 Å². The van der Waals surface area contributed by atoms with Gasteiger partial charge in [-0.2, -0.15) is 5.10 Å². The van der Waals surface area contributed by atoms with Gasteiger partial charge in [0.1, 0.15) is 0 Å². The third-order valence-corrected chi connectivity index (χ3v) is 5.64. The molecule has 2 aliphatic rings. The van der Waals surface area contributed by atoms with Crippen LogP contribution < -0.4 is 10.6 Å². The zero-order valence-electron chi connectivity index (χ0n) is 15.7. The van der Waals surface area contributed by atoms with E-state index in [1.54, 1.807) is 0 Å². The summed E-state index contributed by atoms with van der Waals surface area (Å²) >= 11 is 0. The molecule has 6 nitrogen and oxygen atoms in total. The predicted octanol–water partition coefficient (Wildman–Crippen LogP) is 2.13. The van der Waals surface area contributed by atoms with Crippen LogP contribution in [0.25, 0.3) is 5.82 Å². The van der Waals surface area contributed by atoms with E-state index in [9.17, 15) is 0 Å². The average Bonchev–Trinajstić information content (AvgIpc) is 3.27. The van der Waals surface area contributed by atoms with E-state index in [4.69, 9.17) is 4.74 Å². The van der Waals surface area contributed by atoms with Crippen molar-refractivity contribution in [2.24, 2.45) is 5.92 Å². The van der Waals surface area contributed by atoms with Crippen LogP contribution in [0.2, 0.25) is 0 Å². The molecular weight excluding hydrogens is 326 g/mol. The van der Waals surface area contributed by atoms with Crippen LogP contribution in [0.15, 0.2) is 24.4 Å². The number of aromatic nitrogens is 3. The van der Waals surface area contributed by atoms with Crippen LogP contribution in [-0.2, 0) is 11.3 Å².